The molecule has 254 valence electrons. The van der Waals surface area contributed by atoms with Gasteiger partial charge in [-0.25, -0.2) is 8.78 Å². The van der Waals surface area contributed by atoms with Gasteiger partial charge in [0.1, 0.15) is 17.3 Å². The molecule has 3 aromatic carbocycles. The summed E-state index contributed by atoms with van der Waals surface area (Å²) in [5.41, 5.74) is -0.332. The van der Waals surface area contributed by atoms with Crippen molar-refractivity contribution >= 4 is 28.4 Å². The lowest BCUT2D eigenvalue weighted by Crippen LogP contribution is -2.35. The fourth-order valence-corrected chi connectivity index (χ4v) is 5.34. The Hall–Kier alpha value is -4.82. The van der Waals surface area contributed by atoms with Crippen molar-refractivity contribution in [3.05, 3.63) is 89.1 Å². The molecule has 1 aliphatic rings. The van der Waals surface area contributed by atoms with Crippen LogP contribution in [0.1, 0.15) is 29.5 Å². The summed E-state index contributed by atoms with van der Waals surface area (Å²) >= 11 is 0. The molecule has 1 fully saturated rings. The second kappa shape index (κ2) is 15.4. The molecule has 14 heteroatoms. The quantitative estimate of drug-likeness (QED) is 0.0997. The molecule has 1 aromatic heterocycles. The highest BCUT2D eigenvalue weighted by Gasteiger charge is 2.34. The van der Waals surface area contributed by atoms with Gasteiger partial charge in [-0.2, -0.15) is 13.2 Å². The number of benzene rings is 3. The maximum atomic E-state index is 15.1. The number of piperidine rings is 1. The predicted octanol–water partition coefficient (Wildman–Crippen LogP) is 6.15. The van der Waals surface area contributed by atoms with E-state index in [1.807, 2.05) is 6.07 Å². The molecule has 0 radical (unpaired) electrons. The number of hydrogen-bond donors (Lipinski definition) is 3. The van der Waals surface area contributed by atoms with Crippen molar-refractivity contribution in [2.75, 3.05) is 38.7 Å². The first-order chi connectivity index (χ1) is 23.0. The maximum absolute atomic E-state index is 15.1. The van der Waals surface area contributed by atoms with Gasteiger partial charge >= 0.3 is 18.0 Å². The van der Waals surface area contributed by atoms with E-state index < -0.39 is 47.3 Å². The zero-order chi connectivity index (χ0) is 34.3. The Morgan fingerprint density at radius 1 is 0.938 bits per heavy atom. The Balaban J connectivity index is 1.21. The fraction of sp³-hybridized carbons (Fsp3) is 0.324. The van der Waals surface area contributed by atoms with Gasteiger partial charge in [0.15, 0.2) is 11.6 Å². The van der Waals surface area contributed by atoms with Crippen molar-refractivity contribution in [3.8, 4) is 17.2 Å². The highest BCUT2D eigenvalue weighted by molar-refractivity contribution is 6.39. The van der Waals surface area contributed by atoms with E-state index in [0.29, 0.717) is 54.0 Å². The van der Waals surface area contributed by atoms with Crippen LogP contribution in [0, 0.1) is 17.6 Å². The van der Waals surface area contributed by atoms with Gasteiger partial charge in [-0.3, -0.25) is 14.6 Å². The second-order valence-electron chi connectivity index (χ2n) is 11.2. The van der Waals surface area contributed by atoms with Gasteiger partial charge < -0.3 is 30.2 Å². The number of anilines is 1. The summed E-state index contributed by atoms with van der Waals surface area (Å²) in [6.07, 6.45) is -0.546. The number of amides is 2. The standard InChI is InChI=1S/C34H33F5N4O5/c1-46-31-17-25-28(14-21(31)9-13-47-19-20-6-10-40-11-7-20)41-12-8-29(25)48-30-5-4-24(16-27(30)36)43-33(45)32(44)42-18-22-2-3-23(35)15-26(22)34(37,38)39/h2-5,8,12,14-17,20,40H,6-7,9-11,13,18-19H2,1H3,(H,42,44)(H,43,45). The number of pyridine rings is 1. The number of hydrogen-bond acceptors (Lipinski definition) is 7. The topological polar surface area (TPSA) is 111 Å². The summed E-state index contributed by atoms with van der Waals surface area (Å²) < 4.78 is 85.5. The molecular weight excluding hydrogens is 639 g/mol. The molecule has 0 spiro atoms. The van der Waals surface area contributed by atoms with E-state index in [1.54, 1.807) is 19.2 Å². The number of rotatable bonds is 11. The van der Waals surface area contributed by atoms with Crippen LogP contribution < -0.4 is 25.4 Å². The maximum Gasteiger partial charge on any atom is 0.416 e. The van der Waals surface area contributed by atoms with Crippen LogP contribution in [0.4, 0.5) is 27.6 Å². The van der Waals surface area contributed by atoms with E-state index in [-0.39, 0.29) is 11.4 Å². The number of carbonyl (C=O) groups excluding carboxylic acids is 2. The zero-order valence-electron chi connectivity index (χ0n) is 25.9. The van der Waals surface area contributed by atoms with Crippen LogP contribution in [0.3, 0.4) is 0 Å². The second-order valence-corrected chi connectivity index (χ2v) is 11.2. The summed E-state index contributed by atoms with van der Waals surface area (Å²) in [6, 6.07) is 10.6. The highest BCUT2D eigenvalue weighted by atomic mass is 19.4. The van der Waals surface area contributed by atoms with E-state index in [9.17, 15) is 27.2 Å². The van der Waals surface area contributed by atoms with E-state index in [2.05, 4.69) is 20.9 Å². The summed E-state index contributed by atoms with van der Waals surface area (Å²) in [5, 5.41) is 8.14. The van der Waals surface area contributed by atoms with E-state index >= 15 is 4.39 Å². The third-order valence-corrected chi connectivity index (χ3v) is 7.86. The number of halogens is 5. The number of nitrogens with zero attached hydrogens (tertiary/aromatic N) is 1. The Morgan fingerprint density at radius 3 is 2.46 bits per heavy atom. The van der Waals surface area contributed by atoms with Crippen molar-refractivity contribution in [1.29, 1.82) is 0 Å². The van der Waals surface area contributed by atoms with Crippen LogP contribution in [-0.4, -0.2) is 50.2 Å². The molecule has 0 saturated carbocycles. The van der Waals surface area contributed by atoms with Crippen LogP contribution in [0.2, 0.25) is 0 Å². The van der Waals surface area contributed by atoms with Gasteiger partial charge in [0.05, 0.1) is 24.8 Å². The molecule has 5 rings (SSSR count). The minimum Gasteiger partial charge on any atom is -0.496 e. The van der Waals surface area contributed by atoms with Crippen molar-refractivity contribution in [2.45, 2.75) is 32.0 Å². The summed E-state index contributed by atoms with van der Waals surface area (Å²) in [7, 11) is 1.55. The first-order valence-electron chi connectivity index (χ1n) is 15.2. The van der Waals surface area contributed by atoms with Gasteiger partial charge in [0, 0.05) is 36.5 Å². The number of aromatic nitrogens is 1. The molecule has 9 nitrogen and oxygen atoms in total. The lowest BCUT2D eigenvalue weighted by atomic mass is 9.99. The summed E-state index contributed by atoms with van der Waals surface area (Å²) in [4.78, 5) is 29.0. The van der Waals surface area contributed by atoms with Gasteiger partial charge in [-0.1, -0.05) is 6.07 Å². The molecule has 0 unspecified atom stereocenters. The average Bonchev–Trinajstić information content (AvgIpc) is 3.07. The van der Waals surface area contributed by atoms with Gasteiger partial charge in [0.25, 0.3) is 0 Å². The molecule has 1 aliphatic heterocycles. The number of alkyl halides is 3. The molecule has 1 saturated heterocycles. The van der Waals surface area contributed by atoms with Crippen LogP contribution in [0.25, 0.3) is 10.9 Å². The molecule has 0 bridgehead atoms. The molecule has 2 heterocycles. The van der Waals surface area contributed by atoms with Crippen molar-refractivity contribution in [3.63, 3.8) is 0 Å². The number of ether oxygens (including phenoxy) is 3. The minimum absolute atomic E-state index is 0.106. The Bertz CT molecular complexity index is 1780. The predicted molar refractivity (Wildman–Crippen MR) is 167 cm³/mol. The molecule has 2 amide bonds. The molecule has 3 N–H and O–H groups in total. The number of nitrogens with one attached hydrogen (secondary N) is 3. The van der Waals surface area contributed by atoms with Crippen molar-refractivity contribution in [1.82, 2.24) is 15.6 Å². The zero-order valence-corrected chi connectivity index (χ0v) is 25.9. The number of fused-ring (bicyclic) bond motifs is 1. The minimum atomic E-state index is -4.87. The third-order valence-electron chi connectivity index (χ3n) is 7.86. The van der Waals surface area contributed by atoms with Crippen molar-refractivity contribution in [2.24, 2.45) is 5.92 Å². The summed E-state index contributed by atoms with van der Waals surface area (Å²) in [5.74, 6) is -3.25. The molecular formula is C34H33F5N4O5. The first-order valence-corrected chi connectivity index (χ1v) is 15.2. The fourth-order valence-electron chi connectivity index (χ4n) is 5.34. The largest absolute Gasteiger partial charge is 0.496 e. The SMILES string of the molecule is COc1cc2c(Oc3ccc(NC(=O)C(=O)NCc4ccc(F)cc4C(F)(F)F)cc3F)ccnc2cc1CCOCC1CCNCC1. The highest BCUT2D eigenvalue weighted by Crippen LogP contribution is 2.35. The van der Waals surface area contributed by atoms with Crippen LogP contribution in [-0.2, 0) is 33.5 Å². The monoisotopic (exact) mass is 672 g/mol. The molecule has 4 aromatic rings. The number of methoxy groups -OCH3 is 1. The summed E-state index contributed by atoms with van der Waals surface area (Å²) in [6.45, 7) is 2.55. The van der Waals surface area contributed by atoms with E-state index in [4.69, 9.17) is 14.2 Å². The van der Waals surface area contributed by atoms with Crippen LogP contribution in [0.15, 0.2) is 60.8 Å². The molecule has 0 aliphatic carbocycles. The van der Waals surface area contributed by atoms with Gasteiger partial charge in [-0.15, -0.1) is 0 Å². The molecule has 48 heavy (non-hydrogen) atoms. The van der Waals surface area contributed by atoms with E-state index in [0.717, 1.165) is 49.7 Å². The average molecular weight is 673 g/mol. The Morgan fingerprint density at radius 2 is 1.73 bits per heavy atom. The van der Waals surface area contributed by atoms with Crippen molar-refractivity contribution < 1.29 is 45.8 Å². The lowest BCUT2D eigenvalue weighted by molar-refractivity contribution is -0.139. The van der Waals surface area contributed by atoms with Crippen LogP contribution >= 0.6 is 0 Å². The normalized spacial score (nSPS) is 13.7. The Labute approximate surface area is 272 Å². The van der Waals surface area contributed by atoms with Gasteiger partial charge in [0.2, 0.25) is 0 Å². The first kappa shape index (κ1) is 34.5. The molecule has 0 atom stereocenters. The lowest BCUT2D eigenvalue weighted by Gasteiger charge is -2.22. The van der Waals surface area contributed by atoms with E-state index in [1.165, 1.54) is 18.3 Å². The van der Waals surface area contributed by atoms with Gasteiger partial charge in [-0.05, 0) is 91.9 Å². The third kappa shape index (κ3) is 8.75. The van der Waals surface area contributed by atoms with Crippen LogP contribution in [0.5, 0.6) is 17.2 Å². The smallest absolute Gasteiger partial charge is 0.416 e. The number of carbonyl (C=O) groups is 2. The Kier molecular flexibility index (Phi) is 11.1.